The lowest BCUT2D eigenvalue weighted by Crippen LogP contribution is -2.09. The maximum absolute atomic E-state index is 13.2. The maximum Gasteiger partial charge on any atom is 0.434 e. The van der Waals surface area contributed by atoms with Crippen molar-refractivity contribution in [2.45, 2.75) is 33.4 Å². The monoisotopic (exact) mass is 356 g/mol. The number of rotatable bonds is 1. The van der Waals surface area contributed by atoms with Crippen LogP contribution in [0.1, 0.15) is 32.0 Å². The molecular formula is C21H19F3N2. The van der Waals surface area contributed by atoms with Crippen LogP contribution in [0.2, 0.25) is 0 Å². The van der Waals surface area contributed by atoms with Gasteiger partial charge < -0.3 is 0 Å². The molecule has 0 N–H and O–H groups in total. The molecule has 0 amide bonds. The molecule has 0 unspecified atom stereocenters. The van der Waals surface area contributed by atoms with Crippen LogP contribution in [0.3, 0.4) is 0 Å². The topological polar surface area (TPSA) is 17.3 Å². The van der Waals surface area contributed by atoms with Crippen LogP contribution in [0.25, 0.3) is 27.3 Å². The molecule has 0 saturated carbocycles. The third kappa shape index (κ3) is 2.81. The summed E-state index contributed by atoms with van der Waals surface area (Å²) >= 11 is 0. The molecule has 0 fully saturated rings. The summed E-state index contributed by atoms with van der Waals surface area (Å²) in [7, 11) is 0. The van der Waals surface area contributed by atoms with Crippen molar-refractivity contribution in [2.24, 2.45) is 5.41 Å². The first-order valence-electron chi connectivity index (χ1n) is 8.53. The van der Waals surface area contributed by atoms with Gasteiger partial charge in [0, 0.05) is 17.0 Å². The lowest BCUT2D eigenvalue weighted by atomic mass is 9.87. The number of fused-ring (bicyclic) bond motifs is 6. The predicted octanol–water partition coefficient (Wildman–Crippen LogP) is 6.25. The Morgan fingerprint density at radius 1 is 0.923 bits per heavy atom. The van der Waals surface area contributed by atoms with Gasteiger partial charge in [-0.3, -0.25) is 4.40 Å². The van der Waals surface area contributed by atoms with E-state index < -0.39 is 11.9 Å². The minimum atomic E-state index is -4.47. The summed E-state index contributed by atoms with van der Waals surface area (Å²) in [6.07, 6.45) is -2.48. The fourth-order valence-corrected chi connectivity index (χ4v) is 3.53. The molecule has 5 heteroatoms. The molecule has 0 saturated heterocycles. The van der Waals surface area contributed by atoms with Gasteiger partial charge in [0.2, 0.25) is 0 Å². The summed E-state index contributed by atoms with van der Waals surface area (Å²) in [4.78, 5) is 3.88. The Morgan fingerprint density at radius 2 is 1.62 bits per heavy atom. The Hall–Kier alpha value is -2.56. The van der Waals surface area contributed by atoms with Crippen LogP contribution in [0.4, 0.5) is 13.2 Å². The summed E-state index contributed by atoms with van der Waals surface area (Å²) in [6.45, 7) is 6.51. The Morgan fingerprint density at radius 3 is 2.27 bits per heavy atom. The molecule has 2 aromatic carbocycles. The highest BCUT2D eigenvalue weighted by Gasteiger charge is 2.34. The lowest BCUT2D eigenvalue weighted by molar-refractivity contribution is -0.140. The van der Waals surface area contributed by atoms with E-state index in [1.807, 2.05) is 36.4 Å². The molecule has 0 aliphatic heterocycles. The van der Waals surface area contributed by atoms with Crippen LogP contribution in [-0.4, -0.2) is 9.38 Å². The van der Waals surface area contributed by atoms with E-state index in [1.54, 1.807) is 4.40 Å². The van der Waals surface area contributed by atoms with Gasteiger partial charge in [-0.1, -0.05) is 51.1 Å². The smallest absolute Gasteiger partial charge is 0.299 e. The van der Waals surface area contributed by atoms with E-state index in [1.165, 1.54) is 5.56 Å². The van der Waals surface area contributed by atoms with E-state index in [4.69, 9.17) is 0 Å². The van der Waals surface area contributed by atoms with Crippen molar-refractivity contribution in [1.82, 2.24) is 9.38 Å². The van der Waals surface area contributed by atoms with Gasteiger partial charge in [-0.15, -0.1) is 0 Å². The first-order chi connectivity index (χ1) is 12.1. The second kappa shape index (κ2) is 5.47. The third-order valence-electron chi connectivity index (χ3n) is 4.51. The molecule has 2 heterocycles. The number of hydrogen-bond acceptors (Lipinski definition) is 1. The molecule has 0 spiro atoms. The zero-order valence-electron chi connectivity index (χ0n) is 14.9. The molecule has 0 atom stereocenters. The minimum absolute atomic E-state index is 0.131. The summed E-state index contributed by atoms with van der Waals surface area (Å²) in [6, 6.07) is 13.5. The standard InChI is InChI=1S/C21H19F3N2/c1-20(2,3)11-13-8-9-17-16(10-13)14-6-4-5-7-15(14)19-25-18(12-26(17)19)21(22,23)24/h4-10,12H,11H2,1-3H3. The molecule has 0 aliphatic carbocycles. The average Bonchev–Trinajstić information content (AvgIpc) is 2.99. The van der Waals surface area contributed by atoms with E-state index in [0.717, 1.165) is 34.3 Å². The number of pyridine rings is 1. The molecule has 0 radical (unpaired) electrons. The average molecular weight is 356 g/mol. The molecule has 2 aromatic heterocycles. The number of aromatic nitrogens is 2. The van der Waals surface area contributed by atoms with E-state index in [-0.39, 0.29) is 5.41 Å². The molecule has 4 rings (SSSR count). The van der Waals surface area contributed by atoms with E-state index in [9.17, 15) is 13.2 Å². The predicted molar refractivity (Wildman–Crippen MR) is 98.4 cm³/mol. The SMILES string of the molecule is CC(C)(C)Cc1ccc2c(c1)c1ccccc1c1nc(C(F)(F)F)cn21. The van der Waals surface area contributed by atoms with Crippen molar-refractivity contribution in [3.63, 3.8) is 0 Å². The zero-order valence-corrected chi connectivity index (χ0v) is 14.9. The van der Waals surface area contributed by atoms with Crippen LogP contribution < -0.4 is 0 Å². The number of alkyl halides is 3. The summed E-state index contributed by atoms with van der Waals surface area (Å²) in [5.74, 6) is 0. The molecule has 134 valence electrons. The van der Waals surface area contributed by atoms with Crippen molar-refractivity contribution in [3.8, 4) is 0 Å². The molecular weight excluding hydrogens is 337 g/mol. The molecule has 2 nitrogen and oxygen atoms in total. The van der Waals surface area contributed by atoms with Crippen LogP contribution in [0.5, 0.6) is 0 Å². The fraction of sp³-hybridized carbons (Fsp3) is 0.286. The van der Waals surface area contributed by atoms with Crippen molar-refractivity contribution in [2.75, 3.05) is 0 Å². The van der Waals surface area contributed by atoms with Gasteiger partial charge in [0.15, 0.2) is 5.69 Å². The van der Waals surface area contributed by atoms with Crippen LogP contribution in [0, 0.1) is 5.41 Å². The number of halogens is 3. The fourth-order valence-electron chi connectivity index (χ4n) is 3.53. The first-order valence-corrected chi connectivity index (χ1v) is 8.53. The number of hydrogen-bond donors (Lipinski definition) is 0. The third-order valence-corrected chi connectivity index (χ3v) is 4.51. The van der Waals surface area contributed by atoms with Crippen molar-refractivity contribution in [3.05, 3.63) is 59.9 Å². The Kier molecular flexibility index (Phi) is 3.55. The summed E-state index contributed by atoms with van der Waals surface area (Å²) in [5, 5.41) is 2.59. The Labute approximate surface area is 149 Å². The van der Waals surface area contributed by atoms with Crippen LogP contribution in [0.15, 0.2) is 48.7 Å². The van der Waals surface area contributed by atoms with E-state index in [0.29, 0.717) is 5.65 Å². The largest absolute Gasteiger partial charge is 0.434 e. The summed E-state index contributed by atoms with van der Waals surface area (Å²) < 4.78 is 41.2. The molecule has 4 aromatic rings. The number of nitrogens with zero attached hydrogens (tertiary/aromatic N) is 2. The maximum atomic E-state index is 13.2. The van der Waals surface area contributed by atoms with Gasteiger partial charge in [0.1, 0.15) is 5.65 Å². The number of imidazole rings is 1. The van der Waals surface area contributed by atoms with Crippen molar-refractivity contribution >= 4 is 27.3 Å². The second-order valence-electron chi connectivity index (χ2n) is 7.95. The van der Waals surface area contributed by atoms with Crippen molar-refractivity contribution in [1.29, 1.82) is 0 Å². The molecule has 26 heavy (non-hydrogen) atoms. The zero-order chi connectivity index (χ0) is 18.7. The quantitative estimate of drug-likeness (QED) is 0.369. The summed E-state index contributed by atoms with van der Waals surface area (Å²) in [5.41, 5.74) is 1.51. The highest BCUT2D eigenvalue weighted by Crippen LogP contribution is 2.35. The molecule has 0 aliphatic rings. The van der Waals surface area contributed by atoms with Gasteiger partial charge >= 0.3 is 6.18 Å². The first kappa shape index (κ1) is 16.9. The molecule has 0 bridgehead atoms. The minimum Gasteiger partial charge on any atom is -0.299 e. The van der Waals surface area contributed by atoms with Gasteiger partial charge in [0.25, 0.3) is 0 Å². The van der Waals surface area contributed by atoms with Crippen LogP contribution >= 0.6 is 0 Å². The highest BCUT2D eigenvalue weighted by molar-refractivity contribution is 6.11. The normalized spacial score (nSPS) is 13.2. The Bertz CT molecular complexity index is 1130. The lowest BCUT2D eigenvalue weighted by Gasteiger charge is -2.19. The van der Waals surface area contributed by atoms with E-state index in [2.05, 4.69) is 31.8 Å². The second-order valence-corrected chi connectivity index (χ2v) is 7.95. The van der Waals surface area contributed by atoms with Crippen molar-refractivity contribution < 1.29 is 13.2 Å². The van der Waals surface area contributed by atoms with Gasteiger partial charge in [-0.25, -0.2) is 4.98 Å². The van der Waals surface area contributed by atoms with Gasteiger partial charge in [-0.05, 0) is 34.9 Å². The van der Waals surface area contributed by atoms with E-state index >= 15 is 0 Å². The van der Waals surface area contributed by atoms with Crippen LogP contribution in [-0.2, 0) is 12.6 Å². The van der Waals surface area contributed by atoms with Gasteiger partial charge in [-0.2, -0.15) is 13.2 Å². The highest BCUT2D eigenvalue weighted by atomic mass is 19.4. The number of benzene rings is 2. The van der Waals surface area contributed by atoms with Gasteiger partial charge in [0.05, 0.1) is 5.52 Å². The Balaban J connectivity index is 2.10.